The highest BCUT2D eigenvalue weighted by Gasteiger charge is 2.31. The number of benzene rings is 1. The maximum absolute atomic E-state index is 13.0. The summed E-state index contributed by atoms with van der Waals surface area (Å²) in [5.41, 5.74) is 6.95. The highest BCUT2D eigenvalue weighted by Crippen LogP contribution is 2.21. The van der Waals surface area contributed by atoms with Crippen LogP contribution in [0.2, 0.25) is 0 Å². The normalized spacial score (nSPS) is 19.6. The topological polar surface area (TPSA) is 77.0 Å². The molecule has 1 amide bonds. The summed E-state index contributed by atoms with van der Waals surface area (Å²) >= 11 is 0. The molecular formula is C16H20FN5O. The van der Waals surface area contributed by atoms with Crippen LogP contribution < -0.4 is 5.73 Å². The first-order chi connectivity index (χ1) is 11.1. The fraction of sp³-hybridized carbons (Fsp3) is 0.438. The number of hydrogen-bond donors (Lipinski definition) is 1. The molecule has 0 radical (unpaired) electrons. The number of amides is 1. The predicted molar refractivity (Wildman–Crippen MR) is 83.6 cm³/mol. The molecule has 1 saturated heterocycles. The van der Waals surface area contributed by atoms with Gasteiger partial charge in [0.05, 0.1) is 11.9 Å². The van der Waals surface area contributed by atoms with Crippen LogP contribution in [0, 0.1) is 5.82 Å². The van der Waals surface area contributed by atoms with Crippen LogP contribution in [0.4, 0.5) is 4.39 Å². The Bertz CT molecular complexity index is 682. The van der Waals surface area contributed by atoms with E-state index in [4.69, 9.17) is 5.73 Å². The number of rotatable bonds is 3. The summed E-state index contributed by atoms with van der Waals surface area (Å²) in [6, 6.07) is 5.82. The van der Waals surface area contributed by atoms with Crippen molar-refractivity contribution in [2.45, 2.75) is 38.3 Å². The van der Waals surface area contributed by atoms with Gasteiger partial charge in [-0.2, -0.15) is 0 Å². The first-order valence-electron chi connectivity index (χ1n) is 7.81. The lowest BCUT2D eigenvalue weighted by Crippen LogP contribution is -2.51. The molecule has 2 heterocycles. The van der Waals surface area contributed by atoms with Gasteiger partial charge in [0.1, 0.15) is 5.82 Å². The van der Waals surface area contributed by atoms with Crippen molar-refractivity contribution in [1.29, 1.82) is 0 Å². The Morgan fingerprint density at radius 2 is 2.09 bits per heavy atom. The van der Waals surface area contributed by atoms with Crippen molar-refractivity contribution < 1.29 is 9.18 Å². The molecule has 0 aliphatic carbocycles. The molecule has 7 heteroatoms. The van der Waals surface area contributed by atoms with Crippen LogP contribution in [-0.4, -0.2) is 44.4 Å². The zero-order valence-corrected chi connectivity index (χ0v) is 13.0. The third kappa shape index (κ3) is 3.24. The van der Waals surface area contributed by atoms with Gasteiger partial charge in [0, 0.05) is 18.6 Å². The van der Waals surface area contributed by atoms with Crippen LogP contribution in [0.1, 0.15) is 36.7 Å². The summed E-state index contributed by atoms with van der Waals surface area (Å²) in [4.78, 5) is 14.5. The predicted octanol–water partition coefficient (Wildman–Crippen LogP) is 1.75. The average Bonchev–Trinajstić information content (AvgIpc) is 3.04. The van der Waals surface area contributed by atoms with Gasteiger partial charge in [-0.25, -0.2) is 9.07 Å². The number of piperidine rings is 1. The van der Waals surface area contributed by atoms with E-state index >= 15 is 0 Å². The van der Waals surface area contributed by atoms with Gasteiger partial charge in [0.2, 0.25) is 0 Å². The lowest BCUT2D eigenvalue weighted by atomic mass is 9.96. The molecule has 23 heavy (non-hydrogen) atoms. The standard InChI is InChI=1S/C16H20FN5O/c1-11(18)15-4-2-3-9-21(15)16(23)14-10-22(20-19-14)13-7-5-12(17)6-8-13/h5-8,10-11,15H,2-4,9,18H2,1H3/t11-,15-/m1/s1. The molecule has 1 aromatic carbocycles. The summed E-state index contributed by atoms with van der Waals surface area (Å²) in [6.45, 7) is 2.61. The van der Waals surface area contributed by atoms with Crippen molar-refractivity contribution in [3.8, 4) is 5.69 Å². The highest BCUT2D eigenvalue weighted by molar-refractivity contribution is 5.92. The first kappa shape index (κ1) is 15.6. The Morgan fingerprint density at radius 3 is 2.78 bits per heavy atom. The summed E-state index contributed by atoms with van der Waals surface area (Å²) < 4.78 is 14.4. The maximum Gasteiger partial charge on any atom is 0.276 e. The zero-order valence-electron chi connectivity index (χ0n) is 13.0. The molecule has 1 aromatic heterocycles. The van der Waals surface area contributed by atoms with Gasteiger partial charge in [-0.15, -0.1) is 5.10 Å². The van der Waals surface area contributed by atoms with Crippen molar-refractivity contribution in [1.82, 2.24) is 19.9 Å². The summed E-state index contributed by atoms with van der Waals surface area (Å²) in [5, 5.41) is 7.94. The van der Waals surface area contributed by atoms with Gasteiger partial charge in [-0.3, -0.25) is 4.79 Å². The average molecular weight is 317 g/mol. The summed E-state index contributed by atoms with van der Waals surface area (Å²) in [7, 11) is 0. The third-order valence-corrected chi connectivity index (χ3v) is 4.22. The van der Waals surface area contributed by atoms with Crippen LogP contribution in [0.25, 0.3) is 5.69 Å². The Balaban J connectivity index is 1.81. The van der Waals surface area contributed by atoms with E-state index in [0.717, 1.165) is 19.3 Å². The molecule has 3 rings (SSSR count). The molecule has 122 valence electrons. The lowest BCUT2D eigenvalue weighted by Gasteiger charge is -2.37. The molecule has 6 nitrogen and oxygen atoms in total. The van der Waals surface area contributed by atoms with Gasteiger partial charge in [-0.1, -0.05) is 5.21 Å². The Labute approximate surface area is 134 Å². The Hall–Kier alpha value is -2.28. The van der Waals surface area contributed by atoms with Crippen LogP contribution in [0.5, 0.6) is 0 Å². The lowest BCUT2D eigenvalue weighted by molar-refractivity contribution is 0.0577. The number of likely N-dealkylation sites (tertiary alicyclic amines) is 1. The quantitative estimate of drug-likeness (QED) is 0.935. The second-order valence-electron chi connectivity index (χ2n) is 5.95. The van der Waals surface area contributed by atoms with Crippen molar-refractivity contribution in [3.05, 3.63) is 42.0 Å². The van der Waals surface area contributed by atoms with Gasteiger partial charge >= 0.3 is 0 Å². The molecule has 1 aliphatic heterocycles. The summed E-state index contributed by atoms with van der Waals surface area (Å²) in [6.07, 6.45) is 4.54. The maximum atomic E-state index is 13.0. The van der Waals surface area contributed by atoms with Gasteiger partial charge < -0.3 is 10.6 Å². The fourth-order valence-electron chi connectivity index (χ4n) is 2.99. The largest absolute Gasteiger partial charge is 0.333 e. The molecule has 2 aromatic rings. The van der Waals surface area contributed by atoms with E-state index in [2.05, 4.69) is 10.3 Å². The molecule has 1 aliphatic rings. The number of nitrogens with zero attached hydrogens (tertiary/aromatic N) is 4. The van der Waals surface area contributed by atoms with Gasteiger partial charge in [0.25, 0.3) is 5.91 Å². The number of aromatic nitrogens is 3. The van der Waals surface area contributed by atoms with Crippen LogP contribution in [-0.2, 0) is 0 Å². The van der Waals surface area contributed by atoms with Crippen LogP contribution >= 0.6 is 0 Å². The minimum atomic E-state index is -0.321. The van der Waals surface area contributed by atoms with Crippen molar-refractivity contribution in [3.63, 3.8) is 0 Å². The third-order valence-electron chi connectivity index (χ3n) is 4.22. The highest BCUT2D eigenvalue weighted by atomic mass is 19.1. The van der Waals surface area contributed by atoms with Crippen LogP contribution in [0.15, 0.2) is 30.5 Å². The number of carbonyl (C=O) groups excluding carboxylic acids is 1. The van der Waals surface area contributed by atoms with E-state index < -0.39 is 0 Å². The number of halogens is 1. The van der Waals surface area contributed by atoms with E-state index in [9.17, 15) is 9.18 Å². The molecule has 0 saturated carbocycles. The smallest absolute Gasteiger partial charge is 0.276 e. The number of nitrogens with two attached hydrogens (primary N) is 1. The molecular weight excluding hydrogens is 297 g/mol. The minimum Gasteiger partial charge on any atom is -0.333 e. The SMILES string of the molecule is C[C@@H](N)[C@H]1CCCCN1C(=O)c1cn(-c2ccc(F)cc2)nn1. The van der Waals surface area contributed by atoms with Gasteiger partial charge in [-0.05, 0) is 50.5 Å². The minimum absolute atomic E-state index is 0.0345. The number of hydrogen-bond acceptors (Lipinski definition) is 4. The van der Waals surface area contributed by atoms with Crippen LogP contribution in [0.3, 0.4) is 0 Å². The van der Waals surface area contributed by atoms with E-state index in [1.54, 1.807) is 23.2 Å². The van der Waals surface area contributed by atoms with E-state index in [1.807, 2.05) is 6.92 Å². The molecule has 0 bridgehead atoms. The second kappa shape index (κ2) is 6.45. The molecule has 0 spiro atoms. The van der Waals surface area contributed by atoms with E-state index in [0.29, 0.717) is 12.2 Å². The molecule has 1 fully saturated rings. The molecule has 2 N–H and O–H groups in total. The Morgan fingerprint density at radius 1 is 1.35 bits per heavy atom. The summed E-state index contributed by atoms with van der Waals surface area (Å²) in [5.74, 6) is -0.474. The van der Waals surface area contributed by atoms with Crippen molar-refractivity contribution in [2.24, 2.45) is 5.73 Å². The molecule has 2 atom stereocenters. The Kier molecular flexibility index (Phi) is 4.38. The van der Waals surface area contributed by atoms with Crippen molar-refractivity contribution >= 4 is 5.91 Å². The van der Waals surface area contributed by atoms with Crippen molar-refractivity contribution in [2.75, 3.05) is 6.54 Å². The second-order valence-corrected chi connectivity index (χ2v) is 5.95. The van der Waals surface area contributed by atoms with E-state index in [1.165, 1.54) is 16.8 Å². The van der Waals surface area contributed by atoms with E-state index in [-0.39, 0.29) is 29.5 Å². The monoisotopic (exact) mass is 317 g/mol. The fourth-order valence-corrected chi connectivity index (χ4v) is 2.99. The zero-order chi connectivity index (χ0) is 16.4. The number of carbonyl (C=O) groups is 1. The molecule has 0 unspecified atom stereocenters. The van der Waals surface area contributed by atoms with Gasteiger partial charge in [0.15, 0.2) is 5.69 Å². The first-order valence-corrected chi connectivity index (χ1v) is 7.81.